The van der Waals surface area contributed by atoms with Crippen molar-refractivity contribution in [1.82, 2.24) is 9.80 Å². The Bertz CT molecular complexity index is 917. The van der Waals surface area contributed by atoms with E-state index >= 15 is 0 Å². The number of rotatable bonds is 6. The molecule has 1 aromatic carbocycles. The maximum atomic E-state index is 12.8. The standard InChI is InChI=1S/C20H18N2O6/c1-2-27-19(25)15(17(23)14-7-4-3-5-8-14)13-21-10-11-22(20(21)26)18(24)16-9-6-12-28-16/h3-9,12-13H,2,10-11H2,1H3/b15-13+. The second-order valence-corrected chi connectivity index (χ2v) is 5.87. The second-order valence-electron chi connectivity index (χ2n) is 5.87. The number of ether oxygens (including phenoxy) is 1. The molecule has 3 amide bonds. The fourth-order valence-electron chi connectivity index (χ4n) is 2.71. The first-order valence-corrected chi connectivity index (χ1v) is 8.67. The molecule has 0 aliphatic carbocycles. The molecule has 1 fully saturated rings. The van der Waals surface area contributed by atoms with Gasteiger partial charge in [-0.3, -0.25) is 19.4 Å². The average Bonchev–Trinajstić information content (AvgIpc) is 3.36. The van der Waals surface area contributed by atoms with Crippen LogP contribution in [0.1, 0.15) is 27.8 Å². The van der Waals surface area contributed by atoms with E-state index in [4.69, 9.17) is 9.15 Å². The van der Waals surface area contributed by atoms with Crippen LogP contribution in [0.5, 0.6) is 0 Å². The molecule has 144 valence electrons. The summed E-state index contributed by atoms with van der Waals surface area (Å²) >= 11 is 0. The van der Waals surface area contributed by atoms with Gasteiger partial charge in [0.25, 0.3) is 5.91 Å². The van der Waals surface area contributed by atoms with Crippen LogP contribution in [0.2, 0.25) is 0 Å². The van der Waals surface area contributed by atoms with E-state index in [0.29, 0.717) is 0 Å². The van der Waals surface area contributed by atoms with E-state index < -0.39 is 23.7 Å². The third kappa shape index (κ3) is 3.85. The quantitative estimate of drug-likeness (QED) is 0.250. The first-order chi connectivity index (χ1) is 13.5. The van der Waals surface area contributed by atoms with E-state index in [1.54, 1.807) is 43.3 Å². The zero-order valence-corrected chi connectivity index (χ0v) is 15.2. The number of esters is 1. The Hall–Kier alpha value is -3.68. The number of benzene rings is 1. The van der Waals surface area contributed by atoms with Crippen LogP contribution >= 0.6 is 0 Å². The molecule has 0 radical (unpaired) electrons. The van der Waals surface area contributed by atoms with Crippen LogP contribution in [0.3, 0.4) is 0 Å². The monoisotopic (exact) mass is 382 g/mol. The minimum atomic E-state index is -0.833. The normalized spacial score (nSPS) is 14.3. The lowest BCUT2D eigenvalue weighted by Crippen LogP contribution is -2.35. The molecule has 0 saturated carbocycles. The van der Waals surface area contributed by atoms with Crippen LogP contribution in [-0.4, -0.2) is 53.2 Å². The van der Waals surface area contributed by atoms with Gasteiger partial charge in [0.15, 0.2) is 5.76 Å². The predicted molar refractivity (Wildman–Crippen MR) is 97.3 cm³/mol. The Labute approximate surface area is 161 Å². The number of nitrogens with zero attached hydrogens (tertiary/aromatic N) is 2. The summed E-state index contributed by atoms with van der Waals surface area (Å²) in [6, 6.07) is 10.6. The molecule has 2 aromatic rings. The molecular formula is C20H18N2O6. The Morgan fingerprint density at radius 2 is 1.86 bits per heavy atom. The smallest absolute Gasteiger partial charge is 0.343 e. The molecule has 1 saturated heterocycles. The van der Waals surface area contributed by atoms with Crippen molar-refractivity contribution in [3.05, 3.63) is 71.8 Å². The SMILES string of the molecule is CCOC(=O)/C(=C/N1CCN(C(=O)c2ccco2)C1=O)C(=O)c1ccccc1. The topological polar surface area (TPSA) is 97.1 Å². The number of urea groups is 1. The predicted octanol–water partition coefficient (Wildman–Crippen LogP) is 2.49. The molecule has 0 spiro atoms. The molecule has 3 rings (SSSR count). The van der Waals surface area contributed by atoms with Crippen LogP contribution in [0.15, 0.2) is 64.9 Å². The number of ketones is 1. The van der Waals surface area contributed by atoms with Crippen LogP contribution in [0.25, 0.3) is 0 Å². The lowest BCUT2D eigenvalue weighted by Gasteiger charge is -2.15. The van der Waals surface area contributed by atoms with E-state index in [2.05, 4.69) is 0 Å². The fourth-order valence-corrected chi connectivity index (χ4v) is 2.71. The maximum absolute atomic E-state index is 12.8. The van der Waals surface area contributed by atoms with Gasteiger partial charge >= 0.3 is 12.0 Å². The number of hydrogen-bond acceptors (Lipinski definition) is 6. The van der Waals surface area contributed by atoms with Crippen LogP contribution in [-0.2, 0) is 9.53 Å². The largest absolute Gasteiger partial charge is 0.462 e. The van der Waals surface area contributed by atoms with E-state index in [1.165, 1.54) is 12.3 Å². The number of hydrogen-bond donors (Lipinski definition) is 0. The number of amides is 3. The van der Waals surface area contributed by atoms with E-state index in [-0.39, 0.29) is 36.6 Å². The Morgan fingerprint density at radius 3 is 2.50 bits per heavy atom. The number of furan rings is 1. The Kier molecular flexibility index (Phi) is 5.69. The zero-order valence-electron chi connectivity index (χ0n) is 15.2. The van der Waals surface area contributed by atoms with Gasteiger partial charge in [-0.15, -0.1) is 0 Å². The van der Waals surface area contributed by atoms with Gasteiger partial charge in [-0.2, -0.15) is 0 Å². The van der Waals surface area contributed by atoms with Gasteiger partial charge in [-0.05, 0) is 19.1 Å². The molecule has 2 heterocycles. The minimum Gasteiger partial charge on any atom is -0.462 e. The highest BCUT2D eigenvalue weighted by atomic mass is 16.5. The number of Topliss-reactive ketones (excluding diaryl/α,β-unsaturated/α-hetero) is 1. The third-order valence-electron chi connectivity index (χ3n) is 4.08. The number of carbonyl (C=O) groups excluding carboxylic acids is 4. The minimum absolute atomic E-state index is 0.0326. The first-order valence-electron chi connectivity index (χ1n) is 8.67. The molecule has 0 bridgehead atoms. The van der Waals surface area contributed by atoms with Crippen molar-refractivity contribution in [1.29, 1.82) is 0 Å². The molecular weight excluding hydrogens is 364 g/mol. The van der Waals surface area contributed by atoms with Gasteiger partial charge in [-0.25, -0.2) is 9.59 Å². The molecule has 0 unspecified atom stereocenters. The van der Waals surface area contributed by atoms with Gasteiger partial charge in [0.2, 0.25) is 5.78 Å². The highest BCUT2D eigenvalue weighted by Gasteiger charge is 2.35. The number of imide groups is 1. The van der Waals surface area contributed by atoms with E-state index in [0.717, 1.165) is 16.0 Å². The molecule has 8 nitrogen and oxygen atoms in total. The van der Waals surface area contributed by atoms with Crippen LogP contribution in [0, 0.1) is 0 Å². The summed E-state index contributed by atoms with van der Waals surface area (Å²) in [6.07, 6.45) is 2.48. The summed E-state index contributed by atoms with van der Waals surface area (Å²) in [6.45, 7) is 1.93. The maximum Gasteiger partial charge on any atom is 0.343 e. The number of carbonyl (C=O) groups is 4. The van der Waals surface area contributed by atoms with Crippen molar-refractivity contribution in [3.8, 4) is 0 Å². The Balaban J connectivity index is 1.86. The van der Waals surface area contributed by atoms with Crippen LogP contribution < -0.4 is 0 Å². The van der Waals surface area contributed by atoms with Crippen molar-refractivity contribution in [2.24, 2.45) is 0 Å². The van der Waals surface area contributed by atoms with Crippen molar-refractivity contribution in [3.63, 3.8) is 0 Å². The fraction of sp³-hybridized carbons (Fsp3) is 0.200. The Morgan fingerprint density at radius 1 is 1.11 bits per heavy atom. The molecule has 1 aromatic heterocycles. The summed E-state index contributed by atoms with van der Waals surface area (Å²) < 4.78 is 10.00. The van der Waals surface area contributed by atoms with Gasteiger partial charge < -0.3 is 9.15 Å². The highest BCUT2D eigenvalue weighted by Crippen LogP contribution is 2.18. The molecule has 0 atom stereocenters. The lowest BCUT2D eigenvalue weighted by atomic mass is 10.0. The summed E-state index contributed by atoms with van der Waals surface area (Å²) in [7, 11) is 0. The van der Waals surface area contributed by atoms with E-state index in [9.17, 15) is 19.2 Å². The molecule has 28 heavy (non-hydrogen) atoms. The molecule has 1 aliphatic heterocycles. The molecule has 1 aliphatic rings. The van der Waals surface area contributed by atoms with Gasteiger partial charge in [0.1, 0.15) is 5.57 Å². The van der Waals surface area contributed by atoms with Gasteiger partial charge in [0.05, 0.1) is 12.9 Å². The lowest BCUT2D eigenvalue weighted by molar-refractivity contribution is -0.138. The first kappa shape index (κ1) is 19.1. The van der Waals surface area contributed by atoms with Crippen LogP contribution in [0.4, 0.5) is 4.79 Å². The summed E-state index contributed by atoms with van der Waals surface area (Å²) in [4.78, 5) is 52.1. The third-order valence-corrected chi connectivity index (χ3v) is 4.08. The van der Waals surface area contributed by atoms with Gasteiger partial charge in [0, 0.05) is 24.9 Å². The summed E-state index contributed by atoms with van der Waals surface area (Å²) in [5.74, 6) is -1.95. The van der Waals surface area contributed by atoms with Gasteiger partial charge in [-0.1, -0.05) is 30.3 Å². The highest BCUT2D eigenvalue weighted by molar-refractivity contribution is 6.24. The molecule has 0 N–H and O–H groups in total. The van der Waals surface area contributed by atoms with Crippen molar-refractivity contribution in [2.75, 3.05) is 19.7 Å². The second kappa shape index (κ2) is 8.34. The van der Waals surface area contributed by atoms with E-state index in [1.807, 2.05) is 0 Å². The molecule has 8 heteroatoms. The van der Waals surface area contributed by atoms with Crippen molar-refractivity contribution < 1.29 is 28.3 Å². The van der Waals surface area contributed by atoms with Crippen molar-refractivity contribution >= 4 is 23.7 Å². The zero-order chi connectivity index (χ0) is 20.1. The summed E-state index contributed by atoms with van der Waals surface area (Å²) in [5.41, 5.74) is 0.00525. The van der Waals surface area contributed by atoms with Crippen molar-refractivity contribution in [2.45, 2.75) is 6.92 Å². The average molecular weight is 382 g/mol. The summed E-state index contributed by atoms with van der Waals surface area (Å²) in [5, 5.41) is 0.